The molecule has 0 saturated carbocycles. The average Bonchev–Trinajstić information content (AvgIpc) is 1.88. The number of thioether (sulfide) groups is 1. The predicted molar refractivity (Wildman–Crippen MR) is 48.9 cm³/mol. The molecule has 2 nitrogen and oxygen atoms in total. The Labute approximate surface area is 70.5 Å². The van der Waals surface area contributed by atoms with Gasteiger partial charge in [-0.3, -0.25) is 5.41 Å². The van der Waals surface area contributed by atoms with Gasteiger partial charge in [0, 0.05) is 11.8 Å². The van der Waals surface area contributed by atoms with E-state index < -0.39 is 0 Å². The Morgan fingerprint density at radius 2 is 2.40 bits per heavy atom. The van der Waals surface area contributed by atoms with E-state index in [9.17, 15) is 0 Å². The van der Waals surface area contributed by atoms with Crippen LogP contribution >= 0.6 is 23.4 Å². The summed E-state index contributed by atoms with van der Waals surface area (Å²) in [6.07, 6.45) is 3.74. The van der Waals surface area contributed by atoms with Crippen molar-refractivity contribution < 1.29 is 0 Å². The van der Waals surface area contributed by atoms with Crippen molar-refractivity contribution in [3.63, 3.8) is 0 Å². The highest BCUT2D eigenvalue weighted by atomic mass is 35.5. The van der Waals surface area contributed by atoms with E-state index in [1.165, 1.54) is 0 Å². The molecule has 0 aliphatic heterocycles. The zero-order chi connectivity index (χ0) is 7.98. The largest absolute Gasteiger partial charge is 0.382 e. The van der Waals surface area contributed by atoms with Gasteiger partial charge in [-0.2, -0.15) is 0 Å². The first-order valence-corrected chi connectivity index (χ1v) is 4.59. The second-order valence-corrected chi connectivity index (χ2v) is 3.02. The molecule has 0 aromatic heterocycles. The fourth-order valence-corrected chi connectivity index (χ4v) is 0.646. The van der Waals surface area contributed by atoms with E-state index in [0.717, 1.165) is 11.4 Å². The van der Waals surface area contributed by atoms with Crippen molar-refractivity contribution in [2.75, 3.05) is 12.1 Å². The standard InChI is InChI=1S/C6H11ClN2S/c1-5(6(7)8)3-9-4-10-2/h3,8-9H,4H2,1-2H3/b5-3-,8-6?. The highest BCUT2D eigenvalue weighted by Gasteiger charge is 1.90. The van der Waals surface area contributed by atoms with Gasteiger partial charge in [0.15, 0.2) is 0 Å². The minimum atomic E-state index is 0.0913. The Balaban J connectivity index is 3.58. The first-order chi connectivity index (χ1) is 4.68. The summed E-state index contributed by atoms with van der Waals surface area (Å²) in [6.45, 7) is 1.79. The minimum absolute atomic E-state index is 0.0913. The highest BCUT2D eigenvalue weighted by molar-refractivity contribution is 7.98. The summed E-state index contributed by atoms with van der Waals surface area (Å²) in [5.74, 6) is 0.849. The van der Waals surface area contributed by atoms with Crippen molar-refractivity contribution in [2.24, 2.45) is 0 Å². The Bertz CT molecular complexity index is 145. The maximum Gasteiger partial charge on any atom is 0.125 e. The molecule has 0 aromatic rings. The number of allylic oxidation sites excluding steroid dienone is 1. The molecule has 0 rings (SSSR count). The van der Waals surface area contributed by atoms with Crippen LogP contribution in [-0.4, -0.2) is 17.3 Å². The van der Waals surface area contributed by atoms with Gasteiger partial charge in [-0.05, 0) is 13.2 Å². The highest BCUT2D eigenvalue weighted by Crippen LogP contribution is 1.97. The van der Waals surface area contributed by atoms with Crippen LogP contribution in [0.15, 0.2) is 11.8 Å². The lowest BCUT2D eigenvalue weighted by molar-refractivity contribution is 1.05. The van der Waals surface area contributed by atoms with E-state index in [0.29, 0.717) is 0 Å². The summed E-state index contributed by atoms with van der Waals surface area (Å²) in [5.41, 5.74) is 0.760. The van der Waals surface area contributed by atoms with Crippen LogP contribution in [-0.2, 0) is 0 Å². The summed E-state index contributed by atoms with van der Waals surface area (Å²) in [6, 6.07) is 0. The maximum absolute atomic E-state index is 6.99. The third-order valence-electron chi connectivity index (χ3n) is 0.892. The Morgan fingerprint density at radius 1 is 1.80 bits per heavy atom. The van der Waals surface area contributed by atoms with E-state index in [-0.39, 0.29) is 5.17 Å². The van der Waals surface area contributed by atoms with Crippen LogP contribution in [0.1, 0.15) is 6.92 Å². The van der Waals surface area contributed by atoms with E-state index in [1.54, 1.807) is 24.9 Å². The number of hydrogen-bond acceptors (Lipinski definition) is 3. The Kier molecular flexibility index (Phi) is 5.54. The molecule has 0 atom stereocenters. The third kappa shape index (κ3) is 4.70. The van der Waals surface area contributed by atoms with Crippen molar-refractivity contribution in [1.29, 1.82) is 5.41 Å². The second kappa shape index (κ2) is 5.62. The van der Waals surface area contributed by atoms with E-state index >= 15 is 0 Å². The molecule has 0 amide bonds. The van der Waals surface area contributed by atoms with Crippen molar-refractivity contribution >= 4 is 28.5 Å². The summed E-state index contributed by atoms with van der Waals surface area (Å²) < 4.78 is 0. The molecule has 0 fully saturated rings. The van der Waals surface area contributed by atoms with E-state index in [4.69, 9.17) is 17.0 Å². The minimum Gasteiger partial charge on any atom is -0.382 e. The Morgan fingerprint density at radius 3 is 2.80 bits per heavy atom. The molecule has 0 bridgehead atoms. The van der Waals surface area contributed by atoms with Crippen molar-refractivity contribution in [2.45, 2.75) is 6.92 Å². The van der Waals surface area contributed by atoms with Crippen LogP contribution in [0.25, 0.3) is 0 Å². The van der Waals surface area contributed by atoms with Gasteiger partial charge in [0.05, 0.1) is 5.88 Å². The predicted octanol–water partition coefficient (Wildman–Crippen LogP) is 2.02. The number of hydrogen-bond donors (Lipinski definition) is 2. The molecular formula is C6H11ClN2S. The number of nitrogens with one attached hydrogen (secondary N) is 2. The van der Waals surface area contributed by atoms with Crippen LogP contribution in [0, 0.1) is 5.41 Å². The molecule has 4 heteroatoms. The zero-order valence-corrected chi connectivity index (χ0v) is 7.64. The molecule has 10 heavy (non-hydrogen) atoms. The molecule has 0 aliphatic carbocycles. The van der Waals surface area contributed by atoms with Gasteiger partial charge < -0.3 is 5.32 Å². The van der Waals surface area contributed by atoms with E-state index in [1.807, 2.05) is 6.26 Å². The normalized spacial score (nSPS) is 11.3. The van der Waals surface area contributed by atoms with Crippen LogP contribution in [0.2, 0.25) is 0 Å². The maximum atomic E-state index is 6.99. The fourth-order valence-electron chi connectivity index (χ4n) is 0.341. The molecule has 0 saturated heterocycles. The summed E-state index contributed by atoms with van der Waals surface area (Å²) in [4.78, 5) is 0. The average molecular weight is 179 g/mol. The summed E-state index contributed by atoms with van der Waals surface area (Å²) in [7, 11) is 0. The van der Waals surface area contributed by atoms with Crippen LogP contribution in [0.4, 0.5) is 0 Å². The molecule has 0 aliphatic rings. The lowest BCUT2D eigenvalue weighted by atomic mass is 10.4. The first-order valence-electron chi connectivity index (χ1n) is 2.82. The topological polar surface area (TPSA) is 35.9 Å². The van der Waals surface area contributed by atoms with Gasteiger partial charge in [0.1, 0.15) is 5.17 Å². The van der Waals surface area contributed by atoms with Crippen LogP contribution in [0.3, 0.4) is 0 Å². The fraction of sp³-hybridized carbons (Fsp3) is 0.500. The first kappa shape index (κ1) is 9.85. The van der Waals surface area contributed by atoms with E-state index in [2.05, 4.69) is 5.32 Å². The molecule has 0 aromatic carbocycles. The summed E-state index contributed by atoms with van der Waals surface area (Å²) >= 11 is 7.06. The van der Waals surface area contributed by atoms with Crippen LogP contribution in [0.5, 0.6) is 0 Å². The molecule has 0 heterocycles. The molecule has 2 N–H and O–H groups in total. The molecular weight excluding hydrogens is 168 g/mol. The lowest BCUT2D eigenvalue weighted by Gasteiger charge is -1.97. The zero-order valence-electron chi connectivity index (χ0n) is 6.07. The van der Waals surface area contributed by atoms with Crippen molar-refractivity contribution in [1.82, 2.24) is 5.32 Å². The molecule has 0 radical (unpaired) electrons. The molecule has 58 valence electrons. The quantitative estimate of drug-likeness (QED) is 0.393. The van der Waals surface area contributed by atoms with Gasteiger partial charge >= 0.3 is 0 Å². The third-order valence-corrected chi connectivity index (χ3v) is 1.65. The summed E-state index contributed by atoms with van der Waals surface area (Å²) in [5, 5.41) is 10.1. The SMILES string of the molecule is CSCN/C=C(/C)C(=N)Cl. The number of rotatable bonds is 4. The van der Waals surface area contributed by atoms with Gasteiger partial charge in [0.2, 0.25) is 0 Å². The van der Waals surface area contributed by atoms with Gasteiger partial charge in [-0.25, -0.2) is 0 Å². The molecule has 0 unspecified atom stereocenters. The molecule has 0 spiro atoms. The van der Waals surface area contributed by atoms with Crippen molar-refractivity contribution in [3.05, 3.63) is 11.8 Å². The van der Waals surface area contributed by atoms with Crippen LogP contribution < -0.4 is 5.32 Å². The smallest absolute Gasteiger partial charge is 0.125 e. The van der Waals surface area contributed by atoms with Gasteiger partial charge in [0.25, 0.3) is 0 Å². The number of halogens is 1. The second-order valence-electron chi connectivity index (χ2n) is 1.78. The van der Waals surface area contributed by atoms with Gasteiger partial charge in [-0.1, -0.05) is 11.6 Å². The lowest BCUT2D eigenvalue weighted by Crippen LogP contribution is -2.05. The Hall–Kier alpha value is -0.150. The monoisotopic (exact) mass is 178 g/mol. The van der Waals surface area contributed by atoms with Crippen molar-refractivity contribution in [3.8, 4) is 0 Å². The van der Waals surface area contributed by atoms with Gasteiger partial charge in [-0.15, -0.1) is 11.8 Å².